The van der Waals surface area contributed by atoms with Gasteiger partial charge in [-0.25, -0.2) is 9.79 Å². The molecule has 0 radical (unpaired) electrons. The highest BCUT2D eigenvalue weighted by Gasteiger charge is 2.26. The van der Waals surface area contributed by atoms with Crippen LogP contribution in [0.15, 0.2) is 59.2 Å². The van der Waals surface area contributed by atoms with Crippen molar-refractivity contribution in [2.24, 2.45) is 4.99 Å². The van der Waals surface area contributed by atoms with E-state index in [4.69, 9.17) is 4.74 Å². The Balaban J connectivity index is 2.03. The van der Waals surface area contributed by atoms with Gasteiger partial charge in [0.15, 0.2) is 5.70 Å². The third-order valence-electron chi connectivity index (χ3n) is 3.36. The maximum absolute atomic E-state index is 11.9. The van der Waals surface area contributed by atoms with Crippen LogP contribution in [0.25, 0.3) is 6.08 Å². The Hall–Kier alpha value is -3.88. The van der Waals surface area contributed by atoms with E-state index in [-0.39, 0.29) is 17.2 Å². The number of benzene rings is 2. The molecule has 0 amide bonds. The van der Waals surface area contributed by atoms with Crippen LogP contribution in [0.5, 0.6) is 0 Å². The molecule has 0 spiro atoms. The molecule has 2 aromatic rings. The number of esters is 1. The van der Waals surface area contributed by atoms with Crippen LogP contribution >= 0.6 is 0 Å². The van der Waals surface area contributed by atoms with Crippen LogP contribution in [0.4, 0.5) is 11.4 Å². The minimum absolute atomic E-state index is 0.0145. The molecule has 0 N–H and O–H groups in total. The zero-order valence-corrected chi connectivity index (χ0v) is 12.5. The van der Waals surface area contributed by atoms with Gasteiger partial charge in [-0.05, 0) is 24.3 Å². The quantitative estimate of drug-likeness (QED) is 0.365. The monoisotopic (exact) mass is 339 g/mol. The first-order chi connectivity index (χ1) is 12.0. The summed E-state index contributed by atoms with van der Waals surface area (Å²) >= 11 is 0. The average molecular weight is 339 g/mol. The van der Waals surface area contributed by atoms with E-state index in [1.807, 2.05) is 0 Å². The Kier molecular flexibility index (Phi) is 4.04. The molecule has 1 aliphatic heterocycles. The lowest BCUT2D eigenvalue weighted by molar-refractivity contribution is -0.394. The topological polar surface area (TPSA) is 125 Å². The van der Waals surface area contributed by atoms with Crippen molar-refractivity contribution in [2.45, 2.75) is 0 Å². The van der Waals surface area contributed by atoms with Crippen molar-refractivity contribution in [1.82, 2.24) is 0 Å². The maximum Gasteiger partial charge on any atom is 0.363 e. The number of cyclic esters (lactones) is 1. The van der Waals surface area contributed by atoms with E-state index < -0.39 is 27.2 Å². The first kappa shape index (κ1) is 16.0. The number of carbonyl (C=O) groups is 1. The van der Waals surface area contributed by atoms with Gasteiger partial charge in [0, 0.05) is 11.6 Å². The molecular weight excluding hydrogens is 330 g/mol. The summed E-state index contributed by atoms with van der Waals surface area (Å²) in [4.78, 5) is 36.4. The van der Waals surface area contributed by atoms with Crippen LogP contribution in [0.1, 0.15) is 11.1 Å². The zero-order chi connectivity index (χ0) is 18.0. The number of nitro groups is 2. The number of carbonyl (C=O) groups excluding carboxylic acids is 1. The smallest absolute Gasteiger partial charge is 0.363 e. The number of nitrogens with zero attached hydrogens (tertiary/aromatic N) is 3. The molecule has 0 saturated heterocycles. The van der Waals surface area contributed by atoms with Crippen molar-refractivity contribution in [3.63, 3.8) is 0 Å². The Labute approximate surface area is 140 Å². The molecule has 0 bridgehead atoms. The number of hydrogen-bond donors (Lipinski definition) is 0. The summed E-state index contributed by atoms with van der Waals surface area (Å²) < 4.78 is 5.06. The van der Waals surface area contributed by atoms with Gasteiger partial charge in [0.25, 0.3) is 11.4 Å². The van der Waals surface area contributed by atoms with E-state index in [2.05, 4.69) is 4.99 Å². The van der Waals surface area contributed by atoms with E-state index in [0.29, 0.717) is 5.56 Å². The predicted molar refractivity (Wildman–Crippen MR) is 86.8 cm³/mol. The van der Waals surface area contributed by atoms with Gasteiger partial charge in [0.1, 0.15) is 0 Å². The summed E-state index contributed by atoms with van der Waals surface area (Å²) in [5.74, 6) is -0.673. The first-order valence-electron chi connectivity index (χ1n) is 6.96. The van der Waals surface area contributed by atoms with Gasteiger partial charge in [-0.3, -0.25) is 20.2 Å². The standard InChI is InChI=1S/C16H9N3O6/c20-16-13(17-15(25-16)10-4-2-1-3-5-10)8-11-6-7-12(18(21)22)9-14(11)19(23)24/h1-9H/b13-8-. The number of rotatable bonds is 4. The van der Waals surface area contributed by atoms with Gasteiger partial charge in [-0.1, -0.05) is 18.2 Å². The molecule has 0 fully saturated rings. The summed E-state index contributed by atoms with van der Waals surface area (Å²) in [5.41, 5.74) is -0.456. The lowest BCUT2D eigenvalue weighted by Crippen LogP contribution is -2.05. The van der Waals surface area contributed by atoms with Crippen LogP contribution in [0.2, 0.25) is 0 Å². The van der Waals surface area contributed by atoms with Crippen LogP contribution < -0.4 is 0 Å². The fourth-order valence-electron chi connectivity index (χ4n) is 2.19. The summed E-state index contributed by atoms with van der Waals surface area (Å²) in [6.45, 7) is 0. The summed E-state index contributed by atoms with van der Waals surface area (Å²) in [7, 11) is 0. The third-order valence-corrected chi connectivity index (χ3v) is 3.36. The molecule has 0 atom stereocenters. The fourth-order valence-corrected chi connectivity index (χ4v) is 2.19. The number of non-ortho nitro benzene ring substituents is 1. The Bertz CT molecular complexity index is 950. The van der Waals surface area contributed by atoms with E-state index in [9.17, 15) is 25.0 Å². The molecule has 3 rings (SSSR count). The molecule has 25 heavy (non-hydrogen) atoms. The van der Waals surface area contributed by atoms with E-state index >= 15 is 0 Å². The molecular formula is C16H9N3O6. The number of ether oxygens (including phenoxy) is 1. The van der Waals surface area contributed by atoms with Crippen LogP contribution in [-0.2, 0) is 9.53 Å². The second kappa shape index (κ2) is 6.32. The highest BCUT2D eigenvalue weighted by atomic mass is 16.6. The molecule has 124 valence electrons. The second-order valence-corrected chi connectivity index (χ2v) is 4.96. The lowest BCUT2D eigenvalue weighted by Gasteiger charge is -1.98. The predicted octanol–water partition coefficient (Wildman–Crippen LogP) is 2.85. The van der Waals surface area contributed by atoms with E-state index in [0.717, 1.165) is 12.1 Å². The molecule has 9 heteroatoms. The second-order valence-electron chi connectivity index (χ2n) is 4.96. The van der Waals surface area contributed by atoms with E-state index in [1.165, 1.54) is 12.1 Å². The summed E-state index contributed by atoms with van der Waals surface area (Å²) in [6, 6.07) is 11.8. The Morgan fingerprint density at radius 2 is 1.72 bits per heavy atom. The van der Waals surface area contributed by atoms with Crippen molar-refractivity contribution in [3.8, 4) is 0 Å². The summed E-state index contributed by atoms with van der Waals surface area (Å²) in [5, 5.41) is 21.9. The van der Waals surface area contributed by atoms with Gasteiger partial charge in [-0.2, -0.15) is 0 Å². The molecule has 0 unspecified atom stereocenters. The molecule has 2 aromatic carbocycles. The molecule has 0 aromatic heterocycles. The highest BCUT2D eigenvalue weighted by Crippen LogP contribution is 2.28. The number of aliphatic imine (C=N–C) groups is 1. The van der Waals surface area contributed by atoms with Gasteiger partial charge < -0.3 is 4.74 Å². The van der Waals surface area contributed by atoms with Gasteiger partial charge in [0.2, 0.25) is 5.90 Å². The maximum atomic E-state index is 11.9. The van der Waals surface area contributed by atoms with Crippen LogP contribution in [-0.4, -0.2) is 21.7 Å². The lowest BCUT2D eigenvalue weighted by atomic mass is 10.1. The highest BCUT2D eigenvalue weighted by molar-refractivity contribution is 6.13. The fraction of sp³-hybridized carbons (Fsp3) is 0. The van der Waals surface area contributed by atoms with Crippen molar-refractivity contribution >= 4 is 29.3 Å². The molecule has 0 saturated carbocycles. The molecule has 1 aliphatic rings. The largest absolute Gasteiger partial charge is 0.402 e. The number of nitro benzene ring substituents is 2. The summed E-state index contributed by atoms with van der Waals surface area (Å²) in [6.07, 6.45) is 1.17. The zero-order valence-electron chi connectivity index (χ0n) is 12.5. The minimum Gasteiger partial charge on any atom is -0.402 e. The Morgan fingerprint density at radius 1 is 1.00 bits per heavy atom. The Morgan fingerprint density at radius 3 is 2.36 bits per heavy atom. The third kappa shape index (κ3) is 3.24. The minimum atomic E-state index is -0.762. The number of hydrogen-bond acceptors (Lipinski definition) is 7. The SMILES string of the molecule is O=C1OC(c2ccccc2)=N/C1=C\c1ccc([N+](=O)[O-])cc1[N+](=O)[O-]. The molecule has 9 nitrogen and oxygen atoms in total. The van der Waals surface area contributed by atoms with Crippen LogP contribution in [0.3, 0.4) is 0 Å². The van der Waals surface area contributed by atoms with Crippen LogP contribution in [0, 0.1) is 20.2 Å². The average Bonchev–Trinajstić information content (AvgIpc) is 2.96. The van der Waals surface area contributed by atoms with Crippen molar-refractivity contribution < 1.29 is 19.4 Å². The van der Waals surface area contributed by atoms with Crippen molar-refractivity contribution in [2.75, 3.05) is 0 Å². The van der Waals surface area contributed by atoms with Crippen molar-refractivity contribution in [3.05, 3.63) is 85.6 Å². The molecule has 0 aliphatic carbocycles. The van der Waals surface area contributed by atoms with Gasteiger partial charge in [0.05, 0.1) is 21.5 Å². The normalized spacial score (nSPS) is 15.0. The van der Waals surface area contributed by atoms with Crippen molar-refractivity contribution in [1.29, 1.82) is 0 Å². The van der Waals surface area contributed by atoms with Gasteiger partial charge in [-0.15, -0.1) is 0 Å². The van der Waals surface area contributed by atoms with E-state index in [1.54, 1.807) is 30.3 Å². The first-order valence-corrected chi connectivity index (χ1v) is 6.96. The molecule has 1 heterocycles. The van der Waals surface area contributed by atoms with Gasteiger partial charge >= 0.3 is 5.97 Å².